The van der Waals surface area contributed by atoms with E-state index >= 15 is 0 Å². The summed E-state index contributed by atoms with van der Waals surface area (Å²) in [5, 5.41) is 4.20. The van der Waals surface area contributed by atoms with Crippen molar-refractivity contribution in [3.05, 3.63) is 17.5 Å². The van der Waals surface area contributed by atoms with Gasteiger partial charge in [0.25, 0.3) is 0 Å². The topological polar surface area (TPSA) is 29.3 Å². The van der Waals surface area contributed by atoms with Crippen molar-refractivity contribution in [3.63, 3.8) is 0 Å². The average Bonchev–Trinajstić information content (AvgIpc) is 3.02. The predicted molar refractivity (Wildman–Crippen MR) is 87.8 cm³/mol. The first-order chi connectivity index (χ1) is 10.6. The zero-order valence-electron chi connectivity index (χ0n) is 14.3. The zero-order chi connectivity index (χ0) is 15.3. The van der Waals surface area contributed by atoms with Gasteiger partial charge in [0.05, 0.1) is 5.69 Å². The maximum atomic E-state index is 5.77. The van der Waals surface area contributed by atoms with Crippen LogP contribution in [0.5, 0.6) is 0 Å². The van der Waals surface area contributed by atoms with Crippen LogP contribution < -0.4 is 0 Å². The number of aryl methyl sites for hydroxylation is 1. The molecule has 0 amide bonds. The average molecular weight is 302 g/mol. The third-order valence-corrected chi connectivity index (χ3v) is 6.96. The van der Waals surface area contributed by atoms with Gasteiger partial charge in [-0.1, -0.05) is 24.9 Å². The van der Waals surface area contributed by atoms with Gasteiger partial charge in [-0.3, -0.25) is 4.90 Å². The Morgan fingerprint density at radius 2 is 1.91 bits per heavy atom. The number of aromatic nitrogens is 1. The summed E-state index contributed by atoms with van der Waals surface area (Å²) in [7, 11) is 2.33. The normalized spacial score (nSPS) is 42.7. The standard InChI is InChI=1S/C19H30N2O/c1-12-4-6-14(7-5-12)16-11-15-8-9-17(21(15)3)19(16)18-10-13(2)20-22-18/h10,12,14-17,19H,4-9,11H2,1-3H3. The summed E-state index contributed by atoms with van der Waals surface area (Å²) in [6.07, 6.45) is 9.80. The second-order valence-electron chi connectivity index (χ2n) is 8.28. The van der Waals surface area contributed by atoms with E-state index < -0.39 is 0 Å². The molecule has 2 aliphatic heterocycles. The summed E-state index contributed by atoms with van der Waals surface area (Å²) in [5.41, 5.74) is 1.04. The molecule has 0 spiro atoms. The fourth-order valence-electron chi connectivity index (χ4n) is 5.64. The first kappa shape index (κ1) is 14.7. The van der Waals surface area contributed by atoms with Gasteiger partial charge in [-0.15, -0.1) is 0 Å². The van der Waals surface area contributed by atoms with Gasteiger partial charge >= 0.3 is 0 Å². The van der Waals surface area contributed by atoms with E-state index in [1.165, 1.54) is 50.7 Å². The van der Waals surface area contributed by atoms with E-state index in [-0.39, 0.29) is 0 Å². The van der Waals surface area contributed by atoms with Gasteiger partial charge < -0.3 is 4.52 Å². The van der Waals surface area contributed by atoms with Crippen LogP contribution in [0.15, 0.2) is 10.6 Å². The highest BCUT2D eigenvalue weighted by atomic mass is 16.5. The molecule has 4 unspecified atom stereocenters. The molecule has 3 aliphatic rings. The molecule has 1 aromatic rings. The molecule has 122 valence electrons. The Hall–Kier alpha value is -0.830. The van der Waals surface area contributed by atoms with Crippen LogP contribution in [0.25, 0.3) is 0 Å². The smallest absolute Gasteiger partial charge is 0.141 e. The fraction of sp³-hybridized carbons (Fsp3) is 0.842. The number of rotatable bonds is 2. The Balaban J connectivity index is 1.63. The zero-order valence-corrected chi connectivity index (χ0v) is 14.3. The molecule has 2 saturated heterocycles. The second kappa shape index (κ2) is 5.67. The maximum absolute atomic E-state index is 5.77. The Morgan fingerprint density at radius 3 is 2.59 bits per heavy atom. The molecule has 3 nitrogen and oxygen atoms in total. The highest BCUT2D eigenvalue weighted by Gasteiger charge is 2.49. The number of piperidine rings is 1. The third kappa shape index (κ3) is 2.42. The Bertz CT molecular complexity index is 517. The lowest BCUT2D eigenvalue weighted by Gasteiger charge is -2.46. The van der Waals surface area contributed by atoms with Crippen LogP contribution in [-0.2, 0) is 0 Å². The summed E-state index contributed by atoms with van der Waals surface area (Å²) in [6.45, 7) is 4.47. The number of likely N-dealkylation sites (N-methyl/N-ethyl adjacent to an activating group) is 1. The largest absolute Gasteiger partial charge is 0.361 e. The molecule has 3 fully saturated rings. The minimum atomic E-state index is 0.573. The van der Waals surface area contributed by atoms with Gasteiger partial charge in [-0.05, 0) is 63.8 Å². The first-order valence-corrected chi connectivity index (χ1v) is 9.28. The van der Waals surface area contributed by atoms with Gasteiger partial charge in [0.2, 0.25) is 0 Å². The van der Waals surface area contributed by atoms with Gasteiger partial charge in [0.15, 0.2) is 0 Å². The Morgan fingerprint density at radius 1 is 1.14 bits per heavy atom. The van der Waals surface area contributed by atoms with Crippen molar-refractivity contribution in [2.45, 2.75) is 76.8 Å². The Labute approximate surface area is 134 Å². The molecule has 1 aliphatic carbocycles. The van der Waals surface area contributed by atoms with Crippen molar-refractivity contribution in [2.24, 2.45) is 17.8 Å². The molecule has 3 heteroatoms. The number of fused-ring (bicyclic) bond motifs is 2. The SMILES string of the molecule is Cc1cc(C2C(C3CCC(C)CC3)CC3CCC2N3C)on1. The summed E-state index contributed by atoms with van der Waals surface area (Å²) in [6, 6.07) is 3.69. The van der Waals surface area contributed by atoms with Crippen molar-refractivity contribution >= 4 is 0 Å². The molecular formula is C19H30N2O. The van der Waals surface area contributed by atoms with Crippen LogP contribution >= 0.6 is 0 Å². The highest BCUT2D eigenvalue weighted by molar-refractivity contribution is 5.18. The fourth-order valence-corrected chi connectivity index (χ4v) is 5.64. The lowest BCUT2D eigenvalue weighted by molar-refractivity contribution is 0.0470. The number of hydrogen-bond donors (Lipinski definition) is 0. The molecule has 4 rings (SSSR count). The van der Waals surface area contributed by atoms with E-state index in [1.54, 1.807) is 0 Å². The van der Waals surface area contributed by atoms with E-state index in [1.807, 2.05) is 6.92 Å². The van der Waals surface area contributed by atoms with Crippen LogP contribution in [0.4, 0.5) is 0 Å². The molecule has 0 aromatic carbocycles. The van der Waals surface area contributed by atoms with Crippen molar-refractivity contribution in [3.8, 4) is 0 Å². The minimum absolute atomic E-state index is 0.573. The van der Waals surface area contributed by atoms with E-state index in [9.17, 15) is 0 Å². The minimum Gasteiger partial charge on any atom is -0.361 e. The quantitative estimate of drug-likeness (QED) is 0.812. The maximum Gasteiger partial charge on any atom is 0.141 e. The van der Waals surface area contributed by atoms with Crippen molar-refractivity contribution in [1.29, 1.82) is 0 Å². The van der Waals surface area contributed by atoms with E-state index in [4.69, 9.17) is 4.52 Å². The molecular weight excluding hydrogens is 272 g/mol. The van der Waals surface area contributed by atoms with Crippen molar-refractivity contribution in [2.75, 3.05) is 7.05 Å². The second-order valence-corrected chi connectivity index (χ2v) is 8.28. The lowest BCUT2D eigenvalue weighted by atomic mass is 9.66. The molecule has 0 radical (unpaired) electrons. The highest BCUT2D eigenvalue weighted by Crippen LogP contribution is 2.52. The van der Waals surface area contributed by atoms with Crippen LogP contribution in [0.2, 0.25) is 0 Å². The van der Waals surface area contributed by atoms with Gasteiger partial charge in [-0.25, -0.2) is 0 Å². The van der Waals surface area contributed by atoms with Crippen LogP contribution in [0.3, 0.4) is 0 Å². The van der Waals surface area contributed by atoms with Gasteiger partial charge in [-0.2, -0.15) is 0 Å². The van der Waals surface area contributed by atoms with Gasteiger partial charge in [0, 0.05) is 24.1 Å². The molecule has 0 N–H and O–H groups in total. The summed E-state index contributed by atoms with van der Waals surface area (Å²) >= 11 is 0. The van der Waals surface area contributed by atoms with Crippen LogP contribution in [0, 0.1) is 24.7 Å². The van der Waals surface area contributed by atoms with Crippen molar-refractivity contribution in [1.82, 2.24) is 10.1 Å². The molecule has 1 saturated carbocycles. The molecule has 1 aromatic heterocycles. The number of hydrogen-bond acceptors (Lipinski definition) is 3. The van der Waals surface area contributed by atoms with E-state index in [0.717, 1.165) is 29.5 Å². The summed E-state index contributed by atoms with van der Waals surface area (Å²) < 4.78 is 5.77. The van der Waals surface area contributed by atoms with Crippen molar-refractivity contribution < 1.29 is 4.52 Å². The van der Waals surface area contributed by atoms with E-state index in [2.05, 4.69) is 30.1 Å². The third-order valence-electron chi connectivity index (χ3n) is 6.96. The predicted octanol–water partition coefficient (Wildman–Crippen LogP) is 4.38. The van der Waals surface area contributed by atoms with Crippen LogP contribution in [0.1, 0.15) is 69.2 Å². The molecule has 22 heavy (non-hydrogen) atoms. The van der Waals surface area contributed by atoms with Gasteiger partial charge in [0.1, 0.15) is 5.76 Å². The molecule has 3 heterocycles. The summed E-state index contributed by atoms with van der Waals surface area (Å²) in [4.78, 5) is 2.64. The molecule has 4 atom stereocenters. The van der Waals surface area contributed by atoms with Crippen LogP contribution in [-0.4, -0.2) is 29.2 Å². The van der Waals surface area contributed by atoms with E-state index in [0.29, 0.717) is 12.0 Å². The summed E-state index contributed by atoms with van der Waals surface area (Å²) in [5.74, 6) is 4.39. The Kier molecular flexibility index (Phi) is 3.80. The molecule has 2 bridgehead atoms. The lowest BCUT2D eigenvalue weighted by Crippen LogP contribution is -2.47. The monoisotopic (exact) mass is 302 g/mol. The first-order valence-electron chi connectivity index (χ1n) is 9.28. The number of nitrogens with zero attached hydrogens (tertiary/aromatic N) is 2.